The van der Waals surface area contributed by atoms with Crippen molar-refractivity contribution in [2.24, 2.45) is 0 Å². The Balaban J connectivity index is 2.10. The standard InChI is InChI=1S/C24H24ClNO3/c1-15-21(23(28)29-5)18(14-16-10-12-17(13-11-16)24(2,3)4)22(27)26(15)20-9-7-6-8-19(20)25/h6-14H,1-5H3/b18-14-. The van der Waals surface area contributed by atoms with Crippen molar-refractivity contribution >= 4 is 35.2 Å². The highest BCUT2D eigenvalue weighted by molar-refractivity contribution is 6.35. The molecular weight excluding hydrogens is 386 g/mol. The van der Waals surface area contributed by atoms with Crippen molar-refractivity contribution in [1.82, 2.24) is 0 Å². The molecule has 29 heavy (non-hydrogen) atoms. The summed E-state index contributed by atoms with van der Waals surface area (Å²) in [5.41, 5.74) is 3.61. The third-order valence-corrected chi connectivity index (χ3v) is 5.29. The summed E-state index contributed by atoms with van der Waals surface area (Å²) in [6.07, 6.45) is 1.72. The number of methoxy groups -OCH3 is 1. The molecule has 0 spiro atoms. The zero-order valence-electron chi connectivity index (χ0n) is 17.2. The Labute approximate surface area is 176 Å². The smallest absolute Gasteiger partial charge is 0.340 e. The van der Waals surface area contributed by atoms with E-state index in [-0.39, 0.29) is 22.5 Å². The highest BCUT2D eigenvalue weighted by Gasteiger charge is 2.38. The summed E-state index contributed by atoms with van der Waals surface area (Å²) in [5, 5.41) is 0.431. The summed E-state index contributed by atoms with van der Waals surface area (Å²) in [7, 11) is 1.31. The van der Waals surface area contributed by atoms with Crippen LogP contribution in [0.3, 0.4) is 0 Å². The van der Waals surface area contributed by atoms with Crippen LogP contribution in [-0.2, 0) is 19.7 Å². The first-order valence-electron chi connectivity index (χ1n) is 9.36. The van der Waals surface area contributed by atoms with Crippen molar-refractivity contribution < 1.29 is 14.3 Å². The Kier molecular flexibility index (Phi) is 5.67. The number of nitrogens with zero attached hydrogens (tertiary/aromatic N) is 1. The highest BCUT2D eigenvalue weighted by atomic mass is 35.5. The molecular formula is C24H24ClNO3. The number of hydrogen-bond acceptors (Lipinski definition) is 3. The normalized spacial score (nSPS) is 16.0. The van der Waals surface area contributed by atoms with Gasteiger partial charge in [-0.15, -0.1) is 0 Å². The number of benzene rings is 2. The van der Waals surface area contributed by atoms with Gasteiger partial charge in [-0.05, 0) is 41.7 Å². The quantitative estimate of drug-likeness (QED) is 0.495. The second-order valence-corrected chi connectivity index (χ2v) is 8.38. The molecule has 0 aromatic heterocycles. The van der Waals surface area contributed by atoms with Crippen LogP contribution in [-0.4, -0.2) is 19.0 Å². The maximum Gasteiger partial charge on any atom is 0.340 e. The number of allylic oxidation sites excluding steroid dienone is 1. The first-order chi connectivity index (χ1) is 13.6. The molecule has 1 aliphatic rings. The van der Waals surface area contributed by atoms with E-state index in [1.807, 2.05) is 24.3 Å². The van der Waals surface area contributed by atoms with Gasteiger partial charge >= 0.3 is 5.97 Å². The van der Waals surface area contributed by atoms with Crippen LogP contribution < -0.4 is 4.90 Å². The Morgan fingerprint density at radius 3 is 2.24 bits per heavy atom. The lowest BCUT2D eigenvalue weighted by Gasteiger charge is -2.19. The lowest BCUT2D eigenvalue weighted by atomic mass is 9.86. The zero-order valence-corrected chi connectivity index (χ0v) is 18.0. The van der Waals surface area contributed by atoms with E-state index in [1.165, 1.54) is 17.6 Å². The van der Waals surface area contributed by atoms with E-state index in [1.54, 1.807) is 37.3 Å². The van der Waals surface area contributed by atoms with Gasteiger partial charge in [-0.25, -0.2) is 4.79 Å². The fraction of sp³-hybridized carbons (Fsp3) is 0.250. The van der Waals surface area contributed by atoms with E-state index in [9.17, 15) is 9.59 Å². The molecule has 4 nitrogen and oxygen atoms in total. The predicted octanol–water partition coefficient (Wildman–Crippen LogP) is 5.51. The monoisotopic (exact) mass is 409 g/mol. The number of hydrogen-bond donors (Lipinski definition) is 0. The van der Waals surface area contributed by atoms with Gasteiger partial charge in [-0.3, -0.25) is 9.69 Å². The van der Waals surface area contributed by atoms with Crippen LogP contribution in [0, 0.1) is 0 Å². The summed E-state index contributed by atoms with van der Waals surface area (Å²) in [6.45, 7) is 8.15. The van der Waals surface area contributed by atoms with Crippen molar-refractivity contribution in [3.8, 4) is 0 Å². The molecule has 1 amide bonds. The van der Waals surface area contributed by atoms with Gasteiger partial charge in [0.1, 0.15) is 0 Å². The Morgan fingerprint density at radius 2 is 1.69 bits per heavy atom. The molecule has 0 aliphatic carbocycles. The van der Waals surface area contributed by atoms with E-state index >= 15 is 0 Å². The van der Waals surface area contributed by atoms with Gasteiger partial charge in [0.05, 0.1) is 29.0 Å². The van der Waals surface area contributed by atoms with Crippen molar-refractivity contribution in [1.29, 1.82) is 0 Å². The van der Waals surface area contributed by atoms with Gasteiger partial charge in [-0.2, -0.15) is 0 Å². The van der Waals surface area contributed by atoms with Gasteiger partial charge in [0.25, 0.3) is 5.91 Å². The van der Waals surface area contributed by atoms with E-state index in [0.29, 0.717) is 16.4 Å². The topological polar surface area (TPSA) is 46.6 Å². The molecule has 1 heterocycles. The van der Waals surface area contributed by atoms with Crippen molar-refractivity contribution in [3.05, 3.63) is 81.5 Å². The minimum absolute atomic E-state index is 0.0311. The summed E-state index contributed by atoms with van der Waals surface area (Å²) in [4.78, 5) is 27.2. The number of esters is 1. The first kappa shape index (κ1) is 20.9. The van der Waals surface area contributed by atoms with E-state index in [2.05, 4.69) is 20.8 Å². The van der Waals surface area contributed by atoms with Crippen molar-refractivity contribution in [2.75, 3.05) is 12.0 Å². The molecule has 3 rings (SSSR count). The van der Waals surface area contributed by atoms with E-state index in [4.69, 9.17) is 16.3 Å². The number of carbonyl (C=O) groups excluding carboxylic acids is 2. The van der Waals surface area contributed by atoms with Crippen LogP contribution in [0.15, 0.2) is 65.4 Å². The number of halogens is 1. The van der Waals surface area contributed by atoms with Crippen LogP contribution >= 0.6 is 11.6 Å². The molecule has 0 atom stereocenters. The predicted molar refractivity (Wildman–Crippen MR) is 117 cm³/mol. The molecule has 5 heteroatoms. The number of rotatable bonds is 3. The summed E-state index contributed by atoms with van der Waals surface area (Å²) in [5.74, 6) is -0.862. The van der Waals surface area contributed by atoms with Gasteiger partial charge in [-0.1, -0.05) is 68.8 Å². The van der Waals surface area contributed by atoms with Crippen LogP contribution in [0.2, 0.25) is 5.02 Å². The van der Waals surface area contributed by atoms with Crippen LogP contribution in [0.1, 0.15) is 38.8 Å². The molecule has 2 aromatic carbocycles. The Hall–Kier alpha value is -2.85. The number of carbonyl (C=O) groups is 2. The third kappa shape index (κ3) is 3.99. The van der Waals surface area contributed by atoms with Crippen LogP contribution in [0.25, 0.3) is 6.08 Å². The van der Waals surface area contributed by atoms with Gasteiger partial charge < -0.3 is 4.74 Å². The average molecular weight is 410 g/mol. The molecule has 0 saturated carbocycles. The van der Waals surface area contributed by atoms with Gasteiger partial charge in [0.2, 0.25) is 0 Å². The minimum Gasteiger partial charge on any atom is -0.465 e. The SMILES string of the molecule is COC(=O)C1=C(C)N(c2ccccc2Cl)C(=O)/C1=C\c1ccc(C(C)(C)C)cc1. The van der Waals surface area contributed by atoms with Crippen molar-refractivity contribution in [3.63, 3.8) is 0 Å². The lowest BCUT2D eigenvalue weighted by Crippen LogP contribution is -2.24. The molecule has 0 fully saturated rings. The van der Waals surface area contributed by atoms with Crippen molar-refractivity contribution in [2.45, 2.75) is 33.1 Å². The molecule has 150 valence electrons. The maximum atomic E-state index is 13.3. The molecule has 0 radical (unpaired) electrons. The molecule has 2 aromatic rings. The summed E-state index contributed by atoms with van der Waals surface area (Å²) >= 11 is 6.31. The molecule has 0 saturated heterocycles. The van der Waals surface area contributed by atoms with Crippen LogP contribution in [0.5, 0.6) is 0 Å². The second kappa shape index (κ2) is 7.88. The zero-order chi connectivity index (χ0) is 21.3. The fourth-order valence-corrected chi connectivity index (χ4v) is 3.57. The molecule has 0 N–H and O–H groups in total. The summed E-state index contributed by atoms with van der Waals surface area (Å²) < 4.78 is 4.95. The minimum atomic E-state index is -0.553. The van der Waals surface area contributed by atoms with Crippen LogP contribution in [0.4, 0.5) is 5.69 Å². The lowest BCUT2D eigenvalue weighted by molar-refractivity contribution is -0.136. The number of anilines is 1. The average Bonchev–Trinajstić information content (AvgIpc) is 2.91. The molecule has 0 bridgehead atoms. The third-order valence-electron chi connectivity index (χ3n) is 4.97. The largest absolute Gasteiger partial charge is 0.465 e. The Bertz CT molecular complexity index is 1030. The van der Waals surface area contributed by atoms with Gasteiger partial charge in [0.15, 0.2) is 0 Å². The second-order valence-electron chi connectivity index (χ2n) is 7.97. The van der Waals surface area contributed by atoms with E-state index in [0.717, 1.165) is 5.56 Å². The Morgan fingerprint density at radius 1 is 1.07 bits per heavy atom. The number of amides is 1. The highest BCUT2D eigenvalue weighted by Crippen LogP contribution is 2.38. The van der Waals surface area contributed by atoms with E-state index < -0.39 is 5.97 Å². The molecule has 1 aliphatic heterocycles. The molecule has 0 unspecified atom stereocenters. The number of ether oxygens (including phenoxy) is 1. The number of para-hydroxylation sites is 1. The summed E-state index contributed by atoms with van der Waals surface area (Å²) in [6, 6.07) is 15.0. The van der Waals surface area contributed by atoms with Gasteiger partial charge in [0, 0.05) is 5.70 Å². The fourth-order valence-electron chi connectivity index (χ4n) is 3.35. The first-order valence-corrected chi connectivity index (χ1v) is 9.73. The maximum absolute atomic E-state index is 13.3.